The number of para-hydroxylation sites is 1. The van der Waals surface area contributed by atoms with Gasteiger partial charge in [0.2, 0.25) is 0 Å². The van der Waals surface area contributed by atoms with Crippen LogP contribution in [0.1, 0.15) is 57.3 Å². The lowest BCUT2D eigenvalue weighted by molar-refractivity contribution is 0.0485. The predicted octanol–water partition coefficient (Wildman–Crippen LogP) is 3.37. The summed E-state index contributed by atoms with van der Waals surface area (Å²) in [4.78, 5) is 27.1. The molecule has 1 aromatic carbocycles. The van der Waals surface area contributed by atoms with Crippen molar-refractivity contribution in [1.82, 2.24) is 10.2 Å². The summed E-state index contributed by atoms with van der Waals surface area (Å²) in [6.07, 6.45) is 2.35. The van der Waals surface area contributed by atoms with Crippen LogP contribution >= 0.6 is 0 Å². The van der Waals surface area contributed by atoms with E-state index in [1.54, 1.807) is 11.0 Å². The minimum Gasteiger partial charge on any atom is -0.490 e. The van der Waals surface area contributed by atoms with E-state index in [1.807, 2.05) is 45.9 Å². The van der Waals surface area contributed by atoms with E-state index in [-0.39, 0.29) is 24.1 Å². The quantitative estimate of drug-likeness (QED) is 0.814. The average Bonchev–Trinajstić information content (AvgIpc) is 3.29. The molecular formula is C22H32N2O5. The van der Waals surface area contributed by atoms with Crippen LogP contribution in [0.3, 0.4) is 0 Å². The summed E-state index contributed by atoms with van der Waals surface area (Å²) in [5, 5.41) is 2.90. The Morgan fingerprint density at radius 1 is 1.24 bits per heavy atom. The molecule has 1 aromatic rings. The smallest absolute Gasteiger partial charge is 0.407 e. The predicted molar refractivity (Wildman–Crippen MR) is 109 cm³/mol. The summed E-state index contributed by atoms with van der Waals surface area (Å²) >= 11 is 0. The molecule has 0 aliphatic carbocycles. The third-order valence-electron chi connectivity index (χ3n) is 5.28. The minimum absolute atomic E-state index is 0.0890. The standard InChI is InChI=1S/C22H32N2O5/c1-15-18(23-21(26)29-22(2,3)4)11-12-24(15)20(25)17-9-5-6-10-19(17)28-14-16-8-7-13-27-16/h5-6,9-10,15-16,18H,7-8,11-14H2,1-4H3,(H,23,26)/t15-,16+,18-/m0/s1. The van der Waals surface area contributed by atoms with Gasteiger partial charge in [0.05, 0.1) is 17.7 Å². The van der Waals surface area contributed by atoms with Crippen molar-refractivity contribution in [3.63, 3.8) is 0 Å². The molecule has 0 bridgehead atoms. The van der Waals surface area contributed by atoms with Gasteiger partial charge in [-0.05, 0) is 59.1 Å². The first kappa shape index (κ1) is 21.4. The molecule has 2 amide bonds. The van der Waals surface area contributed by atoms with E-state index in [1.165, 1.54) is 0 Å². The van der Waals surface area contributed by atoms with Crippen LogP contribution in [0.2, 0.25) is 0 Å². The highest BCUT2D eigenvalue weighted by Crippen LogP contribution is 2.26. The van der Waals surface area contributed by atoms with Gasteiger partial charge in [-0.2, -0.15) is 0 Å². The molecule has 2 aliphatic heterocycles. The molecule has 0 aromatic heterocycles. The number of carbonyl (C=O) groups is 2. The average molecular weight is 405 g/mol. The highest BCUT2D eigenvalue weighted by atomic mass is 16.6. The summed E-state index contributed by atoms with van der Waals surface area (Å²) in [7, 11) is 0. The van der Waals surface area contributed by atoms with Crippen LogP contribution in [0.5, 0.6) is 5.75 Å². The van der Waals surface area contributed by atoms with Gasteiger partial charge in [0.25, 0.3) is 5.91 Å². The van der Waals surface area contributed by atoms with Crippen molar-refractivity contribution in [3.05, 3.63) is 29.8 Å². The molecule has 3 rings (SSSR count). The lowest BCUT2D eigenvalue weighted by Gasteiger charge is -2.27. The van der Waals surface area contributed by atoms with E-state index >= 15 is 0 Å². The lowest BCUT2D eigenvalue weighted by Crippen LogP contribution is -2.46. The SMILES string of the molecule is C[C@H]1[C@@H](NC(=O)OC(C)(C)C)CCN1C(=O)c1ccccc1OC[C@H]1CCCO1. The van der Waals surface area contributed by atoms with Crippen LogP contribution in [-0.2, 0) is 9.47 Å². The number of nitrogens with one attached hydrogen (secondary N) is 1. The van der Waals surface area contributed by atoms with Crippen molar-refractivity contribution >= 4 is 12.0 Å². The van der Waals surface area contributed by atoms with E-state index in [0.717, 1.165) is 19.4 Å². The highest BCUT2D eigenvalue weighted by molar-refractivity contribution is 5.97. The van der Waals surface area contributed by atoms with Crippen molar-refractivity contribution in [2.75, 3.05) is 19.8 Å². The van der Waals surface area contributed by atoms with Gasteiger partial charge in [0, 0.05) is 19.2 Å². The van der Waals surface area contributed by atoms with Crippen LogP contribution in [-0.4, -0.2) is 60.4 Å². The Labute approximate surface area is 172 Å². The molecule has 7 heteroatoms. The molecule has 0 spiro atoms. The van der Waals surface area contributed by atoms with Crippen LogP contribution < -0.4 is 10.1 Å². The zero-order valence-corrected chi connectivity index (χ0v) is 17.8. The number of amides is 2. The van der Waals surface area contributed by atoms with Gasteiger partial charge in [-0.25, -0.2) is 4.79 Å². The van der Waals surface area contributed by atoms with Gasteiger partial charge in [0.15, 0.2) is 0 Å². The number of benzene rings is 1. The molecule has 3 atom stereocenters. The molecule has 0 radical (unpaired) electrons. The third-order valence-corrected chi connectivity index (χ3v) is 5.28. The fourth-order valence-corrected chi connectivity index (χ4v) is 3.76. The number of ether oxygens (including phenoxy) is 3. The Morgan fingerprint density at radius 3 is 2.69 bits per heavy atom. The summed E-state index contributed by atoms with van der Waals surface area (Å²) in [5.74, 6) is 0.484. The maximum Gasteiger partial charge on any atom is 0.407 e. The Morgan fingerprint density at radius 2 is 2.00 bits per heavy atom. The molecular weight excluding hydrogens is 372 g/mol. The van der Waals surface area contributed by atoms with Crippen molar-refractivity contribution in [2.45, 2.75) is 70.7 Å². The molecule has 2 saturated heterocycles. The summed E-state index contributed by atoms with van der Waals surface area (Å²) in [5.41, 5.74) is -0.0175. The molecule has 0 unspecified atom stereocenters. The van der Waals surface area contributed by atoms with Gasteiger partial charge < -0.3 is 24.4 Å². The second kappa shape index (κ2) is 9.03. The van der Waals surface area contributed by atoms with E-state index in [9.17, 15) is 9.59 Å². The minimum atomic E-state index is -0.555. The lowest BCUT2D eigenvalue weighted by atomic mass is 10.1. The van der Waals surface area contributed by atoms with E-state index in [2.05, 4.69) is 5.32 Å². The summed E-state index contributed by atoms with van der Waals surface area (Å²) < 4.78 is 16.9. The number of hydrogen-bond donors (Lipinski definition) is 1. The molecule has 160 valence electrons. The number of likely N-dealkylation sites (tertiary alicyclic amines) is 1. The molecule has 1 N–H and O–H groups in total. The van der Waals surface area contributed by atoms with Gasteiger partial charge >= 0.3 is 6.09 Å². The van der Waals surface area contributed by atoms with Crippen LogP contribution in [0.25, 0.3) is 0 Å². The van der Waals surface area contributed by atoms with Crippen molar-refractivity contribution in [1.29, 1.82) is 0 Å². The number of hydrogen-bond acceptors (Lipinski definition) is 5. The summed E-state index contributed by atoms with van der Waals surface area (Å²) in [6.45, 7) is 9.22. The van der Waals surface area contributed by atoms with Gasteiger partial charge in [-0.3, -0.25) is 4.79 Å². The highest BCUT2D eigenvalue weighted by Gasteiger charge is 2.36. The second-order valence-electron chi connectivity index (χ2n) is 8.72. The van der Waals surface area contributed by atoms with Crippen molar-refractivity contribution < 1.29 is 23.8 Å². The summed E-state index contributed by atoms with van der Waals surface area (Å²) in [6, 6.07) is 7.02. The Hall–Kier alpha value is -2.28. The first-order valence-electron chi connectivity index (χ1n) is 10.4. The topological polar surface area (TPSA) is 77.1 Å². The zero-order valence-electron chi connectivity index (χ0n) is 17.8. The Bertz CT molecular complexity index is 724. The Balaban J connectivity index is 1.62. The normalized spacial score (nSPS) is 24.4. The van der Waals surface area contributed by atoms with Crippen LogP contribution in [0.4, 0.5) is 4.79 Å². The number of carbonyl (C=O) groups excluding carboxylic acids is 2. The molecule has 2 aliphatic rings. The molecule has 7 nitrogen and oxygen atoms in total. The molecule has 2 fully saturated rings. The van der Waals surface area contributed by atoms with Gasteiger partial charge in [0.1, 0.15) is 18.0 Å². The van der Waals surface area contributed by atoms with Crippen molar-refractivity contribution in [3.8, 4) is 5.75 Å². The third kappa shape index (κ3) is 5.63. The maximum absolute atomic E-state index is 13.2. The van der Waals surface area contributed by atoms with Crippen molar-refractivity contribution in [2.24, 2.45) is 0 Å². The van der Waals surface area contributed by atoms with Gasteiger partial charge in [-0.1, -0.05) is 12.1 Å². The fraction of sp³-hybridized carbons (Fsp3) is 0.636. The monoisotopic (exact) mass is 404 g/mol. The molecule has 0 saturated carbocycles. The van der Waals surface area contributed by atoms with Crippen LogP contribution in [0, 0.1) is 0 Å². The fourth-order valence-electron chi connectivity index (χ4n) is 3.76. The van der Waals surface area contributed by atoms with E-state index < -0.39 is 11.7 Å². The molecule has 2 heterocycles. The first-order valence-corrected chi connectivity index (χ1v) is 10.4. The second-order valence-corrected chi connectivity index (χ2v) is 8.72. The Kier molecular flexibility index (Phi) is 6.67. The number of alkyl carbamates (subject to hydrolysis) is 1. The number of rotatable bonds is 5. The first-order chi connectivity index (χ1) is 13.7. The van der Waals surface area contributed by atoms with Crippen LogP contribution in [0.15, 0.2) is 24.3 Å². The number of nitrogens with zero attached hydrogens (tertiary/aromatic N) is 1. The van der Waals surface area contributed by atoms with Gasteiger partial charge in [-0.15, -0.1) is 0 Å². The maximum atomic E-state index is 13.2. The van der Waals surface area contributed by atoms with E-state index in [4.69, 9.17) is 14.2 Å². The zero-order chi connectivity index (χ0) is 21.0. The molecule has 29 heavy (non-hydrogen) atoms. The largest absolute Gasteiger partial charge is 0.490 e. The van der Waals surface area contributed by atoms with E-state index in [0.29, 0.717) is 30.9 Å².